The minimum Gasteiger partial charge on any atom is -0.482 e. The van der Waals surface area contributed by atoms with Gasteiger partial charge in [0, 0.05) is 18.2 Å². The highest BCUT2D eigenvalue weighted by molar-refractivity contribution is 6.32. The molecule has 1 saturated carbocycles. The van der Waals surface area contributed by atoms with Crippen LogP contribution in [0.2, 0.25) is 5.02 Å². The summed E-state index contributed by atoms with van der Waals surface area (Å²) >= 11 is 6.09. The maximum absolute atomic E-state index is 12.0. The summed E-state index contributed by atoms with van der Waals surface area (Å²) in [6.07, 6.45) is 7.03. The summed E-state index contributed by atoms with van der Waals surface area (Å²) in [6.45, 7) is 0.313. The molecule has 1 aliphatic rings. The molecule has 0 heterocycles. The molecule has 116 valence electrons. The largest absolute Gasteiger partial charge is 0.482 e. The minimum absolute atomic E-state index is 0.0206. The molecule has 0 saturated heterocycles. The molecule has 2 rings (SSSR count). The van der Waals surface area contributed by atoms with E-state index in [2.05, 4.69) is 5.32 Å². The summed E-state index contributed by atoms with van der Waals surface area (Å²) < 4.78 is 5.57. The Balaban J connectivity index is 1.86. The van der Waals surface area contributed by atoms with E-state index in [-0.39, 0.29) is 18.6 Å². The topological polar surface area (TPSA) is 64.3 Å². The summed E-state index contributed by atoms with van der Waals surface area (Å²) in [6, 6.07) is 5.69. The van der Waals surface area contributed by atoms with Gasteiger partial charge in [-0.15, -0.1) is 0 Å². The van der Waals surface area contributed by atoms with Gasteiger partial charge in [-0.25, -0.2) is 0 Å². The van der Waals surface area contributed by atoms with E-state index in [4.69, 9.17) is 22.1 Å². The van der Waals surface area contributed by atoms with Crippen LogP contribution in [0.1, 0.15) is 44.1 Å². The van der Waals surface area contributed by atoms with Crippen molar-refractivity contribution in [1.82, 2.24) is 5.32 Å². The fourth-order valence-corrected chi connectivity index (χ4v) is 2.96. The molecule has 1 aromatic rings. The molecule has 0 aliphatic heterocycles. The Bertz CT molecular complexity index is 471. The number of carbonyl (C=O) groups is 1. The third kappa shape index (κ3) is 4.90. The van der Waals surface area contributed by atoms with Gasteiger partial charge in [-0.3, -0.25) is 4.79 Å². The molecule has 0 spiro atoms. The van der Waals surface area contributed by atoms with Crippen LogP contribution in [-0.2, 0) is 11.3 Å². The summed E-state index contributed by atoms with van der Waals surface area (Å²) in [7, 11) is 0. The zero-order valence-electron chi connectivity index (χ0n) is 12.2. The van der Waals surface area contributed by atoms with Gasteiger partial charge in [0.15, 0.2) is 6.61 Å². The third-order valence-corrected chi connectivity index (χ3v) is 4.13. The highest BCUT2D eigenvalue weighted by atomic mass is 35.5. The van der Waals surface area contributed by atoms with Crippen molar-refractivity contribution in [1.29, 1.82) is 0 Å². The van der Waals surface area contributed by atoms with Crippen LogP contribution >= 0.6 is 11.6 Å². The fraction of sp³-hybridized carbons (Fsp3) is 0.562. The molecule has 0 radical (unpaired) electrons. The van der Waals surface area contributed by atoms with E-state index in [1.165, 1.54) is 25.7 Å². The number of nitrogens with one attached hydrogen (secondary N) is 1. The third-order valence-electron chi connectivity index (χ3n) is 3.84. The van der Waals surface area contributed by atoms with Gasteiger partial charge in [0.1, 0.15) is 5.75 Å². The first kappa shape index (κ1) is 16.1. The average Bonchev–Trinajstić information content (AvgIpc) is 2.74. The number of carbonyl (C=O) groups excluding carboxylic acids is 1. The van der Waals surface area contributed by atoms with Crippen molar-refractivity contribution in [2.24, 2.45) is 5.73 Å². The average molecular weight is 311 g/mol. The van der Waals surface area contributed by atoms with Gasteiger partial charge in [0.05, 0.1) is 5.02 Å². The van der Waals surface area contributed by atoms with Gasteiger partial charge in [0.25, 0.3) is 5.91 Å². The van der Waals surface area contributed by atoms with Crippen molar-refractivity contribution in [2.45, 2.75) is 51.1 Å². The lowest BCUT2D eigenvalue weighted by atomic mass is 10.1. The highest BCUT2D eigenvalue weighted by Gasteiger charge is 2.16. The van der Waals surface area contributed by atoms with Crippen LogP contribution in [0.4, 0.5) is 0 Å². The predicted molar refractivity (Wildman–Crippen MR) is 84.5 cm³/mol. The zero-order valence-corrected chi connectivity index (χ0v) is 13.0. The molecule has 0 aromatic heterocycles. The van der Waals surface area contributed by atoms with E-state index in [0.717, 1.165) is 18.4 Å². The number of benzene rings is 1. The number of ether oxygens (including phenoxy) is 1. The molecule has 1 aliphatic carbocycles. The lowest BCUT2D eigenvalue weighted by Gasteiger charge is -2.17. The molecule has 1 aromatic carbocycles. The quantitative estimate of drug-likeness (QED) is 0.822. The second-order valence-electron chi connectivity index (χ2n) is 5.48. The number of nitrogens with two attached hydrogens (primary N) is 1. The van der Waals surface area contributed by atoms with Gasteiger partial charge in [0.2, 0.25) is 0 Å². The Morgan fingerprint density at radius 1 is 1.29 bits per heavy atom. The molecule has 5 heteroatoms. The van der Waals surface area contributed by atoms with Crippen molar-refractivity contribution in [3.05, 3.63) is 28.8 Å². The predicted octanol–water partition coefficient (Wildman–Crippen LogP) is 3.02. The fourth-order valence-electron chi connectivity index (χ4n) is 2.71. The summed E-state index contributed by atoms with van der Waals surface area (Å²) in [5.74, 6) is 0.419. The van der Waals surface area contributed by atoms with Crippen molar-refractivity contribution in [3.63, 3.8) is 0 Å². The van der Waals surface area contributed by atoms with E-state index in [1.807, 2.05) is 12.1 Å². The molecule has 0 unspecified atom stereocenters. The van der Waals surface area contributed by atoms with Crippen LogP contribution in [0.15, 0.2) is 18.2 Å². The molecular weight excluding hydrogens is 288 g/mol. The maximum Gasteiger partial charge on any atom is 0.258 e. The van der Waals surface area contributed by atoms with E-state index < -0.39 is 0 Å². The molecule has 4 nitrogen and oxygen atoms in total. The standard InChI is InChI=1S/C16H23ClN2O2/c17-14-9-5-6-12(10-18)16(14)21-11-15(20)19-13-7-3-1-2-4-8-13/h5-6,9,13H,1-4,7-8,10-11,18H2,(H,19,20). The van der Waals surface area contributed by atoms with Gasteiger partial charge < -0.3 is 15.8 Å². The Labute approximate surface area is 131 Å². The summed E-state index contributed by atoms with van der Waals surface area (Å²) in [5, 5.41) is 3.53. The van der Waals surface area contributed by atoms with Crippen LogP contribution in [0.25, 0.3) is 0 Å². The monoisotopic (exact) mass is 310 g/mol. The van der Waals surface area contributed by atoms with E-state index in [0.29, 0.717) is 17.3 Å². The Morgan fingerprint density at radius 2 is 2.00 bits per heavy atom. The molecule has 1 amide bonds. The lowest BCUT2D eigenvalue weighted by molar-refractivity contribution is -0.123. The number of para-hydroxylation sites is 1. The Morgan fingerprint density at radius 3 is 2.67 bits per heavy atom. The van der Waals surface area contributed by atoms with E-state index >= 15 is 0 Å². The summed E-state index contributed by atoms with van der Waals surface area (Å²) in [5.41, 5.74) is 6.46. The van der Waals surface area contributed by atoms with Crippen LogP contribution in [0, 0.1) is 0 Å². The first-order valence-electron chi connectivity index (χ1n) is 7.60. The van der Waals surface area contributed by atoms with Crippen molar-refractivity contribution >= 4 is 17.5 Å². The highest BCUT2D eigenvalue weighted by Crippen LogP contribution is 2.28. The SMILES string of the molecule is NCc1cccc(Cl)c1OCC(=O)NC1CCCCCC1. The van der Waals surface area contributed by atoms with Crippen LogP contribution in [0.5, 0.6) is 5.75 Å². The molecular formula is C16H23ClN2O2. The second-order valence-corrected chi connectivity index (χ2v) is 5.88. The molecule has 0 bridgehead atoms. The first-order valence-corrected chi connectivity index (χ1v) is 7.98. The smallest absolute Gasteiger partial charge is 0.258 e. The number of hydrogen-bond donors (Lipinski definition) is 2. The lowest BCUT2D eigenvalue weighted by Crippen LogP contribution is -2.37. The molecule has 0 atom stereocenters. The number of halogens is 1. The van der Waals surface area contributed by atoms with Crippen LogP contribution in [-0.4, -0.2) is 18.6 Å². The van der Waals surface area contributed by atoms with Gasteiger partial charge in [-0.1, -0.05) is 49.4 Å². The van der Waals surface area contributed by atoms with Crippen LogP contribution in [0.3, 0.4) is 0 Å². The Hall–Kier alpha value is -1.26. The van der Waals surface area contributed by atoms with Crippen LogP contribution < -0.4 is 15.8 Å². The molecule has 3 N–H and O–H groups in total. The van der Waals surface area contributed by atoms with Crippen molar-refractivity contribution in [2.75, 3.05) is 6.61 Å². The van der Waals surface area contributed by atoms with Gasteiger partial charge >= 0.3 is 0 Å². The van der Waals surface area contributed by atoms with Crippen molar-refractivity contribution in [3.8, 4) is 5.75 Å². The normalized spacial score (nSPS) is 16.3. The van der Waals surface area contributed by atoms with E-state index in [1.54, 1.807) is 6.07 Å². The van der Waals surface area contributed by atoms with Gasteiger partial charge in [-0.2, -0.15) is 0 Å². The van der Waals surface area contributed by atoms with Gasteiger partial charge in [-0.05, 0) is 18.9 Å². The maximum atomic E-state index is 12.0. The number of hydrogen-bond acceptors (Lipinski definition) is 3. The zero-order chi connectivity index (χ0) is 15.1. The number of amides is 1. The second kappa shape index (κ2) is 8.25. The summed E-state index contributed by atoms with van der Waals surface area (Å²) in [4.78, 5) is 12.0. The van der Waals surface area contributed by atoms with E-state index in [9.17, 15) is 4.79 Å². The molecule has 1 fully saturated rings. The van der Waals surface area contributed by atoms with Crippen molar-refractivity contribution < 1.29 is 9.53 Å². The number of rotatable bonds is 5. The Kier molecular flexibility index (Phi) is 6.33. The minimum atomic E-state index is -0.0928. The molecule has 21 heavy (non-hydrogen) atoms. The first-order chi connectivity index (χ1) is 10.2.